The predicted octanol–water partition coefficient (Wildman–Crippen LogP) is 5.70. The molecule has 0 saturated heterocycles. The molecule has 0 amide bonds. The first-order chi connectivity index (χ1) is 12.4. The number of rotatable bonds is 15. The Hall–Kier alpha value is -0.780. The van der Waals surface area contributed by atoms with Gasteiger partial charge >= 0.3 is 0 Å². The van der Waals surface area contributed by atoms with Gasteiger partial charge in [0.1, 0.15) is 0 Å². The molecule has 0 aromatic rings. The fourth-order valence-corrected chi connectivity index (χ4v) is 2.86. The largest absolute Gasteiger partial charge is 0.300 e. The Morgan fingerprint density at radius 1 is 0.808 bits per heavy atom. The summed E-state index contributed by atoms with van der Waals surface area (Å²) in [7, 11) is 0. The lowest BCUT2D eigenvalue weighted by Gasteiger charge is -2.22. The van der Waals surface area contributed by atoms with E-state index >= 15 is 0 Å². The van der Waals surface area contributed by atoms with E-state index in [4.69, 9.17) is 0 Å². The van der Waals surface area contributed by atoms with Gasteiger partial charge in [-0.3, -0.25) is 9.80 Å². The minimum absolute atomic E-state index is 0.673. The van der Waals surface area contributed by atoms with Crippen LogP contribution in [0, 0.1) is 29.6 Å². The monoisotopic (exact) mass is 362 g/mol. The zero-order valence-corrected chi connectivity index (χ0v) is 18.7. The van der Waals surface area contributed by atoms with Gasteiger partial charge in [-0.1, -0.05) is 53.5 Å². The van der Waals surface area contributed by atoms with Crippen LogP contribution in [0.1, 0.15) is 73.6 Å². The standard InChI is InChI=1S/C24H46N2/c1-8-16-25(17-9-2)21-15-24(7)12-10-11-18-26(19-13-22(3)4)20-14-23(5)6/h8,22-24H,1,9,12-21H2,2-7H3. The quantitative estimate of drug-likeness (QED) is 0.272. The van der Waals surface area contributed by atoms with Crippen molar-refractivity contribution in [2.75, 3.05) is 39.3 Å². The summed E-state index contributed by atoms with van der Waals surface area (Å²) in [6.07, 6.45) is 8.02. The summed E-state index contributed by atoms with van der Waals surface area (Å²) in [6, 6.07) is 0. The van der Waals surface area contributed by atoms with Crippen LogP contribution in [-0.2, 0) is 0 Å². The molecule has 0 aromatic heterocycles. The van der Waals surface area contributed by atoms with Crippen molar-refractivity contribution in [3.63, 3.8) is 0 Å². The molecule has 0 radical (unpaired) electrons. The molecule has 0 aliphatic rings. The van der Waals surface area contributed by atoms with Crippen LogP contribution in [0.5, 0.6) is 0 Å². The van der Waals surface area contributed by atoms with E-state index in [0.717, 1.165) is 37.9 Å². The van der Waals surface area contributed by atoms with Crippen LogP contribution in [0.2, 0.25) is 0 Å². The summed E-state index contributed by atoms with van der Waals surface area (Å²) in [5.41, 5.74) is 0. The van der Waals surface area contributed by atoms with Gasteiger partial charge in [-0.2, -0.15) is 0 Å². The van der Waals surface area contributed by atoms with Crippen molar-refractivity contribution in [1.29, 1.82) is 0 Å². The summed E-state index contributed by atoms with van der Waals surface area (Å²) in [5.74, 6) is 9.11. The summed E-state index contributed by atoms with van der Waals surface area (Å²) < 4.78 is 0. The van der Waals surface area contributed by atoms with Crippen molar-refractivity contribution < 1.29 is 0 Å². The molecule has 0 N–H and O–H groups in total. The Morgan fingerprint density at radius 2 is 1.38 bits per heavy atom. The lowest BCUT2D eigenvalue weighted by molar-refractivity contribution is 0.270. The van der Waals surface area contributed by atoms with Crippen LogP contribution in [0.3, 0.4) is 0 Å². The molecule has 2 nitrogen and oxygen atoms in total. The molecule has 2 heteroatoms. The average molecular weight is 363 g/mol. The van der Waals surface area contributed by atoms with Crippen LogP contribution in [0.25, 0.3) is 0 Å². The third-order valence-electron chi connectivity index (χ3n) is 4.79. The Morgan fingerprint density at radius 3 is 1.88 bits per heavy atom. The smallest absolute Gasteiger partial charge is 0.0601 e. The second-order valence-corrected chi connectivity index (χ2v) is 8.68. The number of hydrogen-bond donors (Lipinski definition) is 0. The second kappa shape index (κ2) is 16.4. The molecule has 0 aliphatic heterocycles. The number of hydrogen-bond acceptors (Lipinski definition) is 2. The maximum absolute atomic E-state index is 3.87. The predicted molar refractivity (Wildman–Crippen MR) is 118 cm³/mol. The summed E-state index contributed by atoms with van der Waals surface area (Å²) in [4.78, 5) is 5.04. The van der Waals surface area contributed by atoms with Crippen LogP contribution in [0.15, 0.2) is 12.7 Å². The molecule has 1 atom stereocenters. The zero-order valence-electron chi connectivity index (χ0n) is 18.7. The van der Waals surface area contributed by atoms with Crippen molar-refractivity contribution in [2.45, 2.75) is 73.6 Å². The molecular weight excluding hydrogens is 316 g/mol. The Kier molecular flexibility index (Phi) is 15.9. The molecular formula is C24H46N2. The minimum atomic E-state index is 0.673. The van der Waals surface area contributed by atoms with E-state index in [9.17, 15) is 0 Å². The van der Waals surface area contributed by atoms with Crippen molar-refractivity contribution in [3.05, 3.63) is 12.7 Å². The van der Waals surface area contributed by atoms with Gasteiger partial charge in [0.15, 0.2) is 0 Å². The summed E-state index contributed by atoms with van der Waals surface area (Å²) in [5, 5.41) is 0. The molecule has 0 aromatic carbocycles. The van der Waals surface area contributed by atoms with Gasteiger partial charge in [0, 0.05) is 13.0 Å². The average Bonchev–Trinajstić information content (AvgIpc) is 2.58. The van der Waals surface area contributed by atoms with Gasteiger partial charge in [-0.05, 0) is 69.6 Å². The Balaban J connectivity index is 4.23. The molecule has 0 fully saturated rings. The molecule has 1 unspecified atom stereocenters. The third kappa shape index (κ3) is 15.5. The highest BCUT2D eigenvalue weighted by Crippen LogP contribution is 2.09. The van der Waals surface area contributed by atoms with E-state index in [0.29, 0.717) is 5.92 Å². The Labute approximate surface area is 165 Å². The number of nitrogens with zero attached hydrogens (tertiary/aromatic N) is 2. The SMILES string of the molecule is C=CCN(CCC)CCC(C)CC#CCN(CCC(C)C)CCC(C)C. The molecule has 0 saturated carbocycles. The third-order valence-corrected chi connectivity index (χ3v) is 4.79. The van der Waals surface area contributed by atoms with Crippen molar-refractivity contribution in [1.82, 2.24) is 9.80 Å². The molecule has 0 heterocycles. The lowest BCUT2D eigenvalue weighted by atomic mass is 10.0. The summed E-state index contributed by atoms with van der Waals surface area (Å²) in [6.45, 7) is 24.3. The van der Waals surface area contributed by atoms with Gasteiger partial charge in [0.2, 0.25) is 0 Å². The molecule has 26 heavy (non-hydrogen) atoms. The summed E-state index contributed by atoms with van der Waals surface area (Å²) >= 11 is 0. The fraction of sp³-hybridized carbons (Fsp3) is 0.833. The van der Waals surface area contributed by atoms with E-state index in [1.807, 2.05) is 6.08 Å². The lowest BCUT2D eigenvalue weighted by Crippen LogP contribution is -2.28. The van der Waals surface area contributed by atoms with E-state index in [1.54, 1.807) is 0 Å². The van der Waals surface area contributed by atoms with Crippen LogP contribution >= 0.6 is 0 Å². The molecule has 0 bridgehead atoms. The molecule has 0 rings (SSSR count). The van der Waals surface area contributed by atoms with Gasteiger partial charge in [-0.25, -0.2) is 0 Å². The maximum Gasteiger partial charge on any atom is 0.0601 e. The van der Waals surface area contributed by atoms with E-state index in [1.165, 1.54) is 45.3 Å². The van der Waals surface area contributed by atoms with Crippen LogP contribution in [0.4, 0.5) is 0 Å². The van der Waals surface area contributed by atoms with Gasteiger partial charge < -0.3 is 0 Å². The first-order valence-electron chi connectivity index (χ1n) is 10.9. The normalized spacial score (nSPS) is 12.7. The van der Waals surface area contributed by atoms with Gasteiger partial charge in [0.05, 0.1) is 6.54 Å². The highest BCUT2D eigenvalue weighted by molar-refractivity contribution is 5.02. The van der Waals surface area contributed by atoms with Crippen molar-refractivity contribution >= 4 is 0 Å². The van der Waals surface area contributed by atoms with Crippen LogP contribution < -0.4 is 0 Å². The van der Waals surface area contributed by atoms with E-state index < -0.39 is 0 Å². The highest BCUT2D eigenvalue weighted by Gasteiger charge is 2.07. The second-order valence-electron chi connectivity index (χ2n) is 8.68. The molecule has 152 valence electrons. The first kappa shape index (κ1) is 25.2. The fourth-order valence-electron chi connectivity index (χ4n) is 2.86. The van der Waals surface area contributed by atoms with Gasteiger partial charge in [-0.15, -0.1) is 12.5 Å². The van der Waals surface area contributed by atoms with E-state index in [-0.39, 0.29) is 0 Å². The van der Waals surface area contributed by atoms with Gasteiger partial charge in [0.25, 0.3) is 0 Å². The highest BCUT2D eigenvalue weighted by atomic mass is 15.1. The van der Waals surface area contributed by atoms with Crippen molar-refractivity contribution in [2.24, 2.45) is 17.8 Å². The van der Waals surface area contributed by atoms with E-state index in [2.05, 4.69) is 69.8 Å². The van der Waals surface area contributed by atoms with Crippen LogP contribution in [-0.4, -0.2) is 49.1 Å². The molecule has 0 aliphatic carbocycles. The first-order valence-corrected chi connectivity index (χ1v) is 10.9. The minimum Gasteiger partial charge on any atom is -0.300 e. The zero-order chi connectivity index (χ0) is 19.8. The topological polar surface area (TPSA) is 6.48 Å². The molecule has 0 spiro atoms. The Bertz CT molecular complexity index is 377. The van der Waals surface area contributed by atoms with Crippen molar-refractivity contribution in [3.8, 4) is 11.8 Å². The maximum atomic E-state index is 3.87.